The fourth-order valence-corrected chi connectivity index (χ4v) is 3.10. The van der Waals surface area contributed by atoms with Crippen LogP contribution in [0, 0.1) is 5.92 Å². The van der Waals surface area contributed by atoms with E-state index < -0.39 is 6.10 Å². The van der Waals surface area contributed by atoms with Gasteiger partial charge in [-0.25, -0.2) is 0 Å². The molecule has 1 heterocycles. The highest BCUT2D eigenvalue weighted by Crippen LogP contribution is 2.24. The minimum absolute atomic E-state index is 0.325. The zero-order chi connectivity index (χ0) is 16.7. The predicted molar refractivity (Wildman–Crippen MR) is 90.0 cm³/mol. The summed E-state index contributed by atoms with van der Waals surface area (Å²) >= 11 is 0. The number of aliphatic hydroxyl groups excluding tert-OH is 1. The first-order chi connectivity index (χ1) is 11.1. The number of β-amino-alcohol motifs (C(OH)–C–C–N with tert-alkyl or cyclic N) is 1. The third kappa shape index (κ3) is 5.68. The molecule has 130 valence electrons. The van der Waals surface area contributed by atoms with Crippen LogP contribution in [0.5, 0.6) is 11.5 Å². The summed E-state index contributed by atoms with van der Waals surface area (Å²) in [6, 6.07) is 5.62. The molecule has 1 aromatic rings. The molecule has 1 aromatic carbocycles. The number of piperidine rings is 1. The van der Waals surface area contributed by atoms with Crippen molar-refractivity contribution in [3.63, 3.8) is 0 Å². The van der Waals surface area contributed by atoms with Gasteiger partial charge in [0.15, 0.2) is 0 Å². The second-order valence-electron chi connectivity index (χ2n) is 6.35. The Morgan fingerprint density at radius 1 is 1.30 bits per heavy atom. The van der Waals surface area contributed by atoms with Gasteiger partial charge in [0, 0.05) is 18.7 Å². The lowest BCUT2D eigenvalue weighted by Gasteiger charge is -2.32. The van der Waals surface area contributed by atoms with Crippen molar-refractivity contribution in [2.45, 2.75) is 32.5 Å². The lowest BCUT2D eigenvalue weighted by atomic mass is 10.0. The van der Waals surface area contributed by atoms with Crippen LogP contribution in [0.1, 0.15) is 25.3 Å². The van der Waals surface area contributed by atoms with E-state index in [1.807, 2.05) is 18.2 Å². The summed E-state index contributed by atoms with van der Waals surface area (Å²) in [6.07, 6.45) is 2.05. The molecule has 1 aliphatic rings. The molecule has 0 saturated carbocycles. The van der Waals surface area contributed by atoms with Crippen LogP contribution in [0.15, 0.2) is 18.2 Å². The van der Waals surface area contributed by atoms with E-state index in [9.17, 15) is 5.11 Å². The van der Waals surface area contributed by atoms with Crippen LogP contribution in [0.2, 0.25) is 0 Å². The Morgan fingerprint density at radius 3 is 2.83 bits per heavy atom. The van der Waals surface area contributed by atoms with Gasteiger partial charge in [0.1, 0.15) is 11.5 Å². The first kappa shape index (κ1) is 18.0. The molecular weight excluding hydrogens is 294 g/mol. The normalized spacial score (nSPS) is 20.3. The Labute approximate surface area is 139 Å². The number of hydrogen-bond acceptors (Lipinski definition) is 5. The molecule has 0 spiro atoms. The first-order valence-corrected chi connectivity index (χ1v) is 8.31. The Balaban J connectivity index is 1.77. The van der Waals surface area contributed by atoms with Crippen LogP contribution in [-0.2, 0) is 11.3 Å². The van der Waals surface area contributed by atoms with Crippen molar-refractivity contribution in [1.82, 2.24) is 4.90 Å². The number of ether oxygens (including phenoxy) is 3. The molecule has 5 nitrogen and oxygen atoms in total. The van der Waals surface area contributed by atoms with E-state index in [4.69, 9.17) is 14.2 Å². The lowest BCUT2D eigenvalue weighted by Crippen LogP contribution is -2.40. The van der Waals surface area contributed by atoms with Crippen LogP contribution in [0.25, 0.3) is 0 Å². The van der Waals surface area contributed by atoms with E-state index >= 15 is 0 Å². The van der Waals surface area contributed by atoms with Crippen LogP contribution in [-0.4, -0.2) is 56.6 Å². The van der Waals surface area contributed by atoms with Gasteiger partial charge in [-0.3, -0.25) is 0 Å². The van der Waals surface area contributed by atoms with Gasteiger partial charge in [0.2, 0.25) is 0 Å². The van der Waals surface area contributed by atoms with Gasteiger partial charge in [0.25, 0.3) is 0 Å². The maximum Gasteiger partial charge on any atom is 0.124 e. The molecule has 2 atom stereocenters. The van der Waals surface area contributed by atoms with Gasteiger partial charge in [-0.1, -0.05) is 6.92 Å². The van der Waals surface area contributed by atoms with E-state index in [-0.39, 0.29) is 0 Å². The number of benzene rings is 1. The van der Waals surface area contributed by atoms with E-state index in [1.54, 1.807) is 14.2 Å². The Kier molecular flexibility index (Phi) is 7.15. The average Bonchev–Trinajstić information content (AvgIpc) is 2.54. The molecule has 5 heteroatoms. The van der Waals surface area contributed by atoms with Crippen LogP contribution in [0.3, 0.4) is 0 Å². The van der Waals surface area contributed by atoms with Crippen molar-refractivity contribution in [2.24, 2.45) is 5.92 Å². The fraction of sp³-hybridized carbons (Fsp3) is 0.667. The molecule has 23 heavy (non-hydrogen) atoms. The van der Waals surface area contributed by atoms with Gasteiger partial charge in [-0.05, 0) is 43.5 Å². The Morgan fingerprint density at radius 2 is 2.13 bits per heavy atom. The maximum absolute atomic E-state index is 10.2. The van der Waals surface area contributed by atoms with E-state index in [0.717, 1.165) is 36.1 Å². The molecule has 2 rings (SSSR count). The lowest BCUT2D eigenvalue weighted by molar-refractivity contribution is 0.00330. The Bertz CT molecular complexity index is 480. The molecule has 1 saturated heterocycles. The van der Waals surface area contributed by atoms with Gasteiger partial charge < -0.3 is 24.2 Å². The molecule has 0 aliphatic carbocycles. The molecule has 1 fully saturated rings. The summed E-state index contributed by atoms with van der Waals surface area (Å²) < 4.78 is 16.2. The van der Waals surface area contributed by atoms with Crippen molar-refractivity contribution in [3.8, 4) is 11.5 Å². The zero-order valence-corrected chi connectivity index (χ0v) is 14.5. The summed E-state index contributed by atoms with van der Waals surface area (Å²) in [4.78, 5) is 2.33. The minimum atomic E-state index is -0.461. The Hall–Kier alpha value is -1.30. The van der Waals surface area contributed by atoms with Crippen molar-refractivity contribution < 1.29 is 19.3 Å². The molecular formula is C18H29NO4. The molecule has 1 N–H and O–H groups in total. The summed E-state index contributed by atoms with van der Waals surface area (Å²) in [5.41, 5.74) is 0.922. The van der Waals surface area contributed by atoms with Crippen molar-refractivity contribution in [1.29, 1.82) is 0 Å². The first-order valence-electron chi connectivity index (χ1n) is 8.31. The third-order valence-corrected chi connectivity index (χ3v) is 4.27. The van der Waals surface area contributed by atoms with Crippen LogP contribution >= 0.6 is 0 Å². The van der Waals surface area contributed by atoms with Gasteiger partial charge in [-0.2, -0.15) is 0 Å². The standard InChI is InChI=1S/C18H29NO4/c1-14-5-4-8-19(10-14)11-16(20)13-23-12-15-9-17(21-2)6-7-18(15)22-3/h6-7,9,14,16,20H,4-5,8,10-13H2,1-3H3/t14-,16-/m1/s1. The third-order valence-electron chi connectivity index (χ3n) is 4.27. The molecule has 0 unspecified atom stereocenters. The van der Waals surface area contributed by atoms with Gasteiger partial charge in [0.05, 0.1) is 33.5 Å². The van der Waals surface area contributed by atoms with Gasteiger partial charge >= 0.3 is 0 Å². The summed E-state index contributed by atoms with van der Waals surface area (Å²) in [7, 11) is 3.27. The topological polar surface area (TPSA) is 51.2 Å². The SMILES string of the molecule is COc1ccc(OC)c(COC[C@H](O)CN2CCC[C@@H](C)C2)c1. The maximum atomic E-state index is 10.2. The smallest absolute Gasteiger partial charge is 0.124 e. The molecule has 0 amide bonds. The number of aliphatic hydroxyl groups is 1. The highest BCUT2D eigenvalue weighted by molar-refractivity contribution is 5.39. The highest BCUT2D eigenvalue weighted by Gasteiger charge is 2.19. The summed E-state index contributed by atoms with van der Waals surface area (Å²) in [5.74, 6) is 2.26. The van der Waals surface area contributed by atoms with Gasteiger partial charge in [-0.15, -0.1) is 0 Å². The van der Waals surface area contributed by atoms with Crippen LogP contribution < -0.4 is 9.47 Å². The molecule has 0 aromatic heterocycles. The van der Waals surface area contributed by atoms with E-state index in [2.05, 4.69) is 11.8 Å². The van der Waals surface area contributed by atoms with Crippen molar-refractivity contribution >= 4 is 0 Å². The number of methoxy groups -OCH3 is 2. The predicted octanol–water partition coefficient (Wildman–Crippen LogP) is 2.31. The molecule has 1 aliphatic heterocycles. The van der Waals surface area contributed by atoms with Crippen LogP contribution in [0.4, 0.5) is 0 Å². The van der Waals surface area contributed by atoms with E-state index in [1.165, 1.54) is 12.8 Å². The second-order valence-corrected chi connectivity index (χ2v) is 6.35. The number of rotatable bonds is 8. The monoisotopic (exact) mass is 323 g/mol. The number of hydrogen-bond donors (Lipinski definition) is 1. The largest absolute Gasteiger partial charge is 0.497 e. The molecule has 0 bridgehead atoms. The molecule has 0 radical (unpaired) electrons. The zero-order valence-electron chi connectivity index (χ0n) is 14.5. The summed E-state index contributed by atoms with van der Waals surface area (Å²) in [5, 5.41) is 10.2. The van der Waals surface area contributed by atoms with Crippen molar-refractivity contribution in [2.75, 3.05) is 40.5 Å². The number of likely N-dealkylation sites (tertiary alicyclic amines) is 1. The number of nitrogens with zero attached hydrogens (tertiary/aromatic N) is 1. The van der Waals surface area contributed by atoms with E-state index in [0.29, 0.717) is 19.8 Å². The van der Waals surface area contributed by atoms with Crippen molar-refractivity contribution in [3.05, 3.63) is 23.8 Å². The second kappa shape index (κ2) is 9.11. The fourth-order valence-electron chi connectivity index (χ4n) is 3.10. The minimum Gasteiger partial charge on any atom is -0.497 e. The quantitative estimate of drug-likeness (QED) is 0.796. The highest BCUT2D eigenvalue weighted by atomic mass is 16.5. The summed E-state index contributed by atoms with van der Waals surface area (Å²) in [6.45, 7) is 5.81. The average molecular weight is 323 g/mol.